The van der Waals surface area contributed by atoms with Crippen molar-refractivity contribution in [3.63, 3.8) is 0 Å². The first-order valence-electron chi connectivity index (χ1n) is 6.71. The minimum Gasteiger partial charge on any atom is -0.481 e. The number of carbonyl (C=O) groups excluding carboxylic acids is 1. The van der Waals surface area contributed by atoms with E-state index < -0.39 is 23.6 Å². The SMILES string of the molecule is O=C(O)[C@H]1CCC[C@H]1C(=O)Nc1ccc2oc(=O)[nH]c2c1. The zero-order valence-electron chi connectivity index (χ0n) is 11.1. The van der Waals surface area contributed by atoms with Crippen LogP contribution in [0.2, 0.25) is 0 Å². The van der Waals surface area contributed by atoms with Crippen molar-refractivity contribution >= 4 is 28.7 Å². The predicted octanol–water partition coefficient (Wildman–Crippen LogP) is 1.56. The van der Waals surface area contributed by atoms with Crippen LogP contribution in [0.3, 0.4) is 0 Å². The quantitative estimate of drug-likeness (QED) is 0.794. The third kappa shape index (κ3) is 2.54. The number of aliphatic carboxylic acids is 1. The Balaban J connectivity index is 1.79. The predicted molar refractivity (Wildman–Crippen MR) is 73.9 cm³/mol. The van der Waals surface area contributed by atoms with Gasteiger partial charge in [-0.05, 0) is 31.0 Å². The molecular formula is C14H14N2O5. The van der Waals surface area contributed by atoms with E-state index in [1.807, 2.05) is 0 Å². The molecular weight excluding hydrogens is 276 g/mol. The van der Waals surface area contributed by atoms with E-state index in [4.69, 9.17) is 9.52 Å². The molecule has 0 spiro atoms. The van der Waals surface area contributed by atoms with Crippen LogP contribution in [0, 0.1) is 11.8 Å². The Bertz CT molecular complexity index is 760. The van der Waals surface area contributed by atoms with E-state index in [2.05, 4.69) is 10.3 Å². The van der Waals surface area contributed by atoms with Crippen molar-refractivity contribution in [2.24, 2.45) is 11.8 Å². The van der Waals surface area contributed by atoms with Crippen molar-refractivity contribution < 1.29 is 19.1 Å². The lowest BCUT2D eigenvalue weighted by molar-refractivity contribution is -0.145. The number of oxazole rings is 1. The van der Waals surface area contributed by atoms with E-state index in [-0.39, 0.29) is 5.91 Å². The monoisotopic (exact) mass is 290 g/mol. The number of benzene rings is 1. The highest BCUT2D eigenvalue weighted by molar-refractivity contribution is 5.96. The van der Waals surface area contributed by atoms with Crippen LogP contribution in [0.15, 0.2) is 27.4 Å². The molecule has 0 unspecified atom stereocenters. The lowest BCUT2D eigenvalue weighted by atomic mass is 9.95. The molecule has 3 rings (SSSR count). The summed E-state index contributed by atoms with van der Waals surface area (Å²) in [5.74, 6) is -2.92. The summed E-state index contributed by atoms with van der Waals surface area (Å²) in [5, 5.41) is 11.8. The van der Waals surface area contributed by atoms with Gasteiger partial charge < -0.3 is 14.8 Å². The van der Waals surface area contributed by atoms with E-state index in [1.165, 1.54) is 0 Å². The summed E-state index contributed by atoms with van der Waals surface area (Å²) < 4.78 is 4.87. The maximum absolute atomic E-state index is 12.2. The smallest absolute Gasteiger partial charge is 0.417 e. The first kappa shape index (κ1) is 13.4. The number of aromatic nitrogens is 1. The Morgan fingerprint density at radius 3 is 2.81 bits per heavy atom. The molecule has 1 aromatic carbocycles. The minimum atomic E-state index is -0.928. The van der Waals surface area contributed by atoms with Crippen molar-refractivity contribution in [1.29, 1.82) is 0 Å². The molecule has 1 saturated carbocycles. The Morgan fingerprint density at radius 2 is 2.05 bits per heavy atom. The zero-order chi connectivity index (χ0) is 15.0. The molecule has 0 radical (unpaired) electrons. The normalized spacial score (nSPS) is 21.5. The second-order valence-corrected chi connectivity index (χ2v) is 5.20. The maximum atomic E-state index is 12.2. The van der Waals surface area contributed by atoms with Crippen molar-refractivity contribution in [1.82, 2.24) is 4.98 Å². The lowest BCUT2D eigenvalue weighted by Crippen LogP contribution is -2.29. The fourth-order valence-corrected chi connectivity index (χ4v) is 2.83. The highest BCUT2D eigenvalue weighted by Crippen LogP contribution is 2.33. The number of carboxylic acid groups (broad SMARTS) is 1. The average Bonchev–Trinajstić information content (AvgIpc) is 3.03. The molecule has 1 aliphatic carbocycles. The van der Waals surface area contributed by atoms with Gasteiger partial charge in [0, 0.05) is 5.69 Å². The van der Waals surface area contributed by atoms with Gasteiger partial charge in [-0.3, -0.25) is 14.6 Å². The van der Waals surface area contributed by atoms with Crippen molar-refractivity contribution in [2.45, 2.75) is 19.3 Å². The van der Waals surface area contributed by atoms with Crippen LogP contribution in [0.25, 0.3) is 11.1 Å². The number of hydrogen-bond donors (Lipinski definition) is 3. The summed E-state index contributed by atoms with van der Waals surface area (Å²) in [6.45, 7) is 0. The minimum absolute atomic E-state index is 0.301. The molecule has 1 aromatic heterocycles. The molecule has 0 aliphatic heterocycles. The molecule has 7 heteroatoms. The molecule has 7 nitrogen and oxygen atoms in total. The van der Waals surface area contributed by atoms with Crippen molar-refractivity contribution in [3.05, 3.63) is 28.7 Å². The summed E-state index contributed by atoms with van der Waals surface area (Å²) in [6, 6.07) is 4.77. The van der Waals surface area contributed by atoms with Gasteiger partial charge >= 0.3 is 11.7 Å². The Labute approximate surface area is 119 Å². The molecule has 1 heterocycles. The fourth-order valence-electron chi connectivity index (χ4n) is 2.83. The van der Waals surface area contributed by atoms with E-state index in [9.17, 15) is 14.4 Å². The van der Waals surface area contributed by atoms with Gasteiger partial charge in [-0.15, -0.1) is 0 Å². The largest absolute Gasteiger partial charge is 0.481 e. The van der Waals surface area contributed by atoms with Gasteiger partial charge in [0.05, 0.1) is 17.4 Å². The number of anilines is 1. The maximum Gasteiger partial charge on any atom is 0.417 e. The van der Waals surface area contributed by atoms with Crippen LogP contribution < -0.4 is 11.1 Å². The molecule has 21 heavy (non-hydrogen) atoms. The number of amides is 1. The fraction of sp³-hybridized carbons (Fsp3) is 0.357. The molecule has 1 aliphatic rings. The topological polar surface area (TPSA) is 112 Å². The second kappa shape index (κ2) is 5.08. The number of nitrogens with one attached hydrogen (secondary N) is 2. The number of carbonyl (C=O) groups is 2. The third-order valence-electron chi connectivity index (χ3n) is 3.86. The molecule has 0 saturated heterocycles. The van der Waals surface area contributed by atoms with Gasteiger partial charge in [0.1, 0.15) is 0 Å². The second-order valence-electron chi connectivity index (χ2n) is 5.20. The van der Waals surface area contributed by atoms with Crippen molar-refractivity contribution in [3.8, 4) is 0 Å². The highest BCUT2D eigenvalue weighted by atomic mass is 16.4. The van der Waals surface area contributed by atoms with Gasteiger partial charge in [0.25, 0.3) is 0 Å². The van der Waals surface area contributed by atoms with Crippen LogP contribution in [0.5, 0.6) is 0 Å². The van der Waals surface area contributed by atoms with Crippen LogP contribution in [-0.2, 0) is 9.59 Å². The first-order valence-corrected chi connectivity index (χ1v) is 6.71. The van der Waals surface area contributed by atoms with Crippen LogP contribution in [0.4, 0.5) is 5.69 Å². The average molecular weight is 290 g/mol. The molecule has 110 valence electrons. The third-order valence-corrected chi connectivity index (χ3v) is 3.86. The van der Waals surface area contributed by atoms with E-state index in [0.717, 1.165) is 6.42 Å². The molecule has 2 aromatic rings. The van der Waals surface area contributed by atoms with E-state index in [1.54, 1.807) is 18.2 Å². The number of fused-ring (bicyclic) bond motifs is 1. The van der Waals surface area contributed by atoms with E-state index >= 15 is 0 Å². The Morgan fingerprint density at radius 1 is 1.29 bits per heavy atom. The molecule has 1 fully saturated rings. The summed E-state index contributed by atoms with van der Waals surface area (Å²) in [7, 11) is 0. The van der Waals surface area contributed by atoms with Gasteiger partial charge in [0.15, 0.2) is 5.58 Å². The van der Waals surface area contributed by atoms with Crippen molar-refractivity contribution in [2.75, 3.05) is 5.32 Å². The zero-order valence-corrected chi connectivity index (χ0v) is 11.1. The summed E-state index contributed by atoms with van der Waals surface area (Å²) in [5.41, 5.74) is 1.39. The van der Waals surface area contributed by atoms with Gasteiger partial charge in [-0.25, -0.2) is 4.79 Å². The van der Waals surface area contributed by atoms with Crippen LogP contribution in [0.1, 0.15) is 19.3 Å². The number of carboxylic acids is 1. The number of aromatic amines is 1. The summed E-state index contributed by atoms with van der Waals surface area (Å²) in [4.78, 5) is 36.9. The Hall–Kier alpha value is -2.57. The Kier molecular flexibility index (Phi) is 3.25. The molecule has 0 bridgehead atoms. The van der Waals surface area contributed by atoms with Gasteiger partial charge in [0.2, 0.25) is 5.91 Å². The first-order chi connectivity index (χ1) is 10.0. The highest BCUT2D eigenvalue weighted by Gasteiger charge is 2.37. The van der Waals surface area contributed by atoms with Gasteiger partial charge in [-0.2, -0.15) is 0 Å². The van der Waals surface area contributed by atoms with Crippen LogP contribution >= 0.6 is 0 Å². The summed E-state index contributed by atoms with van der Waals surface area (Å²) in [6.07, 6.45) is 1.85. The standard InChI is InChI=1S/C14H14N2O5/c17-12(8-2-1-3-9(8)13(18)19)15-7-4-5-11-10(6-7)16-14(20)21-11/h4-6,8-9H,1-3H2,(H,15,17)(H,16,20)(H,18,19)/t8-,9+/m1/s1. The van der Waals surface area contributed by atoms with E-state index in [0.29, 0.717) is 29.6 Å². The van der Waals surface area contributed by atoms with Crippen LogP contribution in [-0.4, -0.2) is 22.0 Å². The lowest BCUT2D eigenvalue weighted by Gasteiger charge is -2.15. The molecule has 1 amide bonds. The van der Waals surface area contributed by atoms with Gasteiger partial charge in [-0.1, -0.05) is 6.42 Å². The number of rotatable bonds is 3. The number of hydrogen-bond acceptors (Lipinski definition) is 4. The number of H-pyrrole nitrogens is 1. The summed E-state index contributed by atoms with van der Waals surface area (Å²) >= 11 is 0. The molecule has 3 N–H and O–H groups in total. The molecule has 2 atom stereocenters.